The highest BCUT2D eigenvalue weighted by Gasteiger charge is 2.55. The van der Waals surface area contributed by atoms with Gasteiger partial charge < -0.3 is 0 Å². The van der Waals surface area contributed by atoms with Crippen LogP contribution in [-0.4, -0.2) is 75.7 Å². The summed E-state index contributed by atoms with van der Waals surface area (Å²) < 4.78 is 114. The summed E-state index contributed by atoms with van der Waals surface area (Å²) in [4.78, 5) is 0. The largest absolute Gasteiger partial charge is 0.512 e. The van der Waals surface area contributed by atoms with Gasteiger partial charge in [0.1, 0.15) is 12.3 Å². The molecule has 0 aromatic heterocycles. The molecule has 186 valence electrons. The van der Waals surface area contributed by atoms with Crippen molar-refractivity contribution in [3.8, 4) is 0 Å². The topological polar surface area (TPSA) is 86.8 Å². The number of halogens is 6. The van der Waals surface area contributed by atoms with Crippen molar-refractivity contribution in [3.05, 3.63) is 11.6 Å². The lowest BCUT2D eigenvalue weighted by Gasteiger charge is -2.39. The third-order valence-electron chi connectivity index (χ3n) is 4.58. The second-order valence-electron chi connectivity index (χ2n) is 6.53. The van der Waals surface area contributed by atoms with Gasteiger partial charge in [-0.15, -0.1) is 0 Å². The molecule has 0 aromatic rings. The standard InChI is InChI=1S/C13H28N2P.C2HF6NO4S2/c1-6-14(7-2)16(15(8-3)9-4)11-10-13(5)12-16;3-1(4,5)14(10,11)9-15(12,13)2(6,7)8/h10H,6-9,11-12H2,1-5H3;9H/q+1;. The lowest BCUT2D eigenvalue weighted by Crippen LogP contribution is -2.45. The van der Waals surface area contributed by atoms with Crippen LogP contribution in [-0.2, 0) is 20.0 Å². The summed E-state index contributed by atoms with van der Waals surface area (Å²) in [6.07, 6.45) is 5.11. The minimum absolute atomic E-state index is 0.493. The van der Waals surface area contributed by atoms with Crippen molar-refractivity contribution in [2.45, 2.75) is 45.6 Å². The highest BCUT2D eigenvalue weighted by atomic mass is 32.3. The van der Waals surface area contributed by atoms with Crippen molar-refractivity contribution < 1.29 is 43.2 Å². The molecule has 1 N–H and O–H groups in total. The molecular formula is C15H29F6N3O4PS2+. The van der Waals surface area contributed by atoms with Crippen molar-refractivity contribution in [1.82, 2.24) is 13.5 Å². The van der Waals surface area contributed by atoms with Gasteiger partial charge in [-0.05, 0) is 46.3 Å². The molecular weight excluding hydrogens is 495 g/mol. The second kappa shape index (κ2) is 11.1. The van der Waals surface area contributed by atoms with Crippen LogP contribution < -0.4 is 4.13 Å². The number of sulfonamides is 2. The minimum Gasteiger partial charge on any atom is -0.202 e. The van der Waals surface area contributed by atoms with E-state index in [2.05, 4.69) is 50.0 Å². The Hall–Kier alpha value is -0.470. The fourth-order valence-electron chi connectivity index (χ4n) is 3.18. The van der Waals surface area contributed by atoms with Gasteiger partial charge in [0.25, 0.3) is 0 Å². The molecule has 0 radical (unpaired) electrons. The number of allylic oxidation sites excluding steroid dienone is 2. The molecule has 0 bridgehead atoms. The van der Waals surface area contributed by atoms with Gasteiger partial charge in [0.2, 0.25) is 0 Å². The van der Waals surface area contributed by atoms with E-state index in [1.54, 1.807) is 5.57 Å². The van der Waals surface area contributed by atoms with Crippen LogP contribution in [0.2, 0.25) is 0 Å². The van der Waals surface area contributed by atoms with Gasteiger partial charge in [-0.1, -0.05) is 4.13 Å². The van der Waals surface area contributed by atoms with Crippen molar-refractivity contribution in [3.63, 3.8) is 0 Å². The minimum atomic E-state index is -6.60. The SMILES string of the molecule is CCN(CC)[P+]1(N(CC)CC)CC=C(C)C1.O=S(=O)(NS(=O)(=O)C(F)(F)F)C(F)(F)F. The first-order valence-corrected chi connectivity index (χ1v) is 14.3. The summed E-state index contributed by atoms with van der Waals surface area (Å²) in [5, 5.41) is 0. The second-order valence-corrected chi connectivity index (χ2v) is 13.7. The molecule has 0 aromatic carbocycles. The third-order valence-corrected chi connectivity index (χ3v) is 12.6. The molecule has 31 heavy (non-hydrogen) atoms. The molecule has 0 aliphatic carbocycles. The van der Waals surface area contributed by atoms with Crippen LogP contribution in [0.25, 0.3) is 0 Å². The molecule has 1 aliphatic rings. The molecule has 1 aliphatic heterocycles. The smallest absolute Gasteiger partial charge is 0.202 e. The molecule has 0 amide bonds. The Morgan fingerprint density at radius 2 is 1.16 bits per heavy atom. The number of hydrogen-bond acceptors (Lipinski definition) is 6. The first-order valence-electron chi connectivity index (χ1n) is 9.29. The summed E-state index contributed by atoms with van der Waals surface area (Å²) in [5.41, 5.74) is -10.7. The molecule has 0 saturated carbocycles. The first kappa shape index (κ1) is 30.5. The summed E-state index contributed by atoms with van der Waals surface area (Å²) in [7, 11) is -14.2. The predicted molar refractivity (Wildman–Crippen MR) is 109 cm³/mol. The first-order chi connectivity index (χ1) is 13.8. The lowest BCUT2D eigenvalue weighted by molar-refractivity contribution is -0.0476. The van der Waals surface area contributed by atoms with Crippen molar-refractivity contribution >= 4 is 27.6 Å². The van der Waals surface area contributed by atoms with Crippen molar-refractivity contribution in [1.29, 1.82) is 0 Å². The Labute approximate surface area is 180 Å². The molecule has 16 heteroatoms. The van der Waals surface area contributed by atoms with Crippen LogP contribution in [0, 0.1) is 0 Å². The number of rotatable bonds is 8. The molecule has 0 spiro atoms. The van der Waals surface area contributed by atoms with E-state index in [0.29, 0.717) is 0 Å². The van der Waals surface area contributed by atoms with E-state index in [4.69, 9.17) is 0 Å². The van der Waals surface area contributed by atoms with Gasteiger partial charge in [0.05, 0.1) is 0 Å². The highest BCUT2D eigenvalue weighted by Crippen LogP contribution is 2.68. The van der Waals surface area contributed by atoms with E-state index in [9.17, 15) is 43.2 Å². The fourth-order valence-corrected chi connectivity index (χ4v) is 10.1. The maximum Gasteiger partial charge on any atom is 0.512 e. The predicted octanol–water partition coefficient (Wildman–Crippen LogP) is 3.75. The quantitative estimate of drug-likeness (QED) is 0.296. The molecule has 7 nitrogen and oxygen atoms in total. The van der Waals surface area contributed by atoms with Crippen LogP contribution in [0.4, 0.5) is 26.3 Å². The van der Waals surface area contributed by atoms with Crippen molar-refractivity contribution in [2.24, 2.45) is 0 Å². The van der Waals surface area contributed by atoms with Crippen molar-refractivity contribution in [2.75, 3.05) is 38.5 Å². The summed E-state index contributed by atoms with van der Waals surface area (Å²) >= 11 is 0. The normalized spacial score (nSPS) is 17.5. The number of alkyl halides is 6. The number of hydrogen-bond donors (Lipinski definition) is 1. The maximum atomic E-state index is 11.5. The Morgan fingerprint density at radius 1 is 0.839 bits per heavy atom. The maximum absolute atomic E-state index is 11.5. The van der Waals surface area contributed by atoms with Gasteiger partial charge in [0.15, 0.2) is 7.56 Å². The molecule has 0 atom stereocenters. The third kappa shape index (κ3) is 7.53. The van der Waals surface area contributed by atoms with Gasteiger partial charge in [-0.2, -0.15) is 35.7 Å². The number of nitrogens with one attached hydrogen (secondary N) is 1. The van der Waals surface area contributed by atoms with Crippen LogP contribution >= 0.6 is 7.56 Å². The van der Waals surface area contributed by atoms with Crippen LogP contribution in [0.1, 0.15) is 34.6 Å². The van der Waals surface area contributed by atoms with Crippen LogP contribution in [0.15, 0.2) is 11.6 Å². The Morgan fingerprint density at radius 3 is 1.35 bits per heavy atom. The van der Waals surface area contributed by atoms with Gasteiger partial charge in [-0.3, -0.25) is 0 Å². The highest BCUT2D eigenvalue weighted by molar-refractivity contribution is 8.05. The Kier molecular flexibility index (Phi) is 10.9. The fraction of sp³-hybridized carbons (Fsp3) is 0.867. The monoisotopic (exact) mass is 524 g/mol. The Balaban J connectivity index is 0.000000582. The average molecular weight is 525 g/mol. The van der Waals surface area contributed by atoms with E-state index in [1.165, 1.54) is 38.5 Å². The zero-order chi connectivity index (χ0) is 24.9. The summed E-state index contributed by atoms with van der Waals surface area (Å²) in [6, 6.07) is 0. The molecule has 0 unspecified atom stereocenters. The zero-order valence-electron chi connectivity index (χ0n) is 17.9. The van der Waals surface area contributed by atoms with E-state index in [-0.39, 0.29) is 0 Å². The average Bonchev–Trinajstić information content (AvgIpc) is 2.97. The number of nitrogens with zero attached hydrogens (tertiary/aromatic N) is 2. The van der Waals surface area contributed by atoms with E-state index < -0.39 is 42.8 Å². The molecule has 1 rings (SSSR count). The summed E-state index contributed by atoms with van der Waals surface area (Å²) in [5.74, 6) is 0. The zero-order valence-corrected chi connectivity index (χ0v) is 20.4. The van der Waals surface area contributed by atoms with Crippen LogP contribution in [0.5, 0.6) is 0 Å². The molecule has 0 saturated heterocycles. The van der Waals surface area contributed by atoms with E-state index in [1.807, 2.05) is 0 Å². The van der Waals surface area contributed by atoms with Gasteiger partial charge in [0, 0.05) is 26.2 Å². The van der Waals surface area contributed by atoms with E-state index in [0.717, 1.165) is 0 Å². The molecule has 1 heterocycles. The Bertz CT molecular complexity index is 767. The van der Waals surface area contributed by atoms with Gasteiger partial charge in [-0.25, -0.2) is 16.8 Å². The molecule has 0 fully saturated rings. The van der Waals surface area contributed by atoms with Crippen LogP contribution in [0.3, 0.4) is 0 Å². The van der Waals surface area contributed by atoms with E-state index >= 15 is 0 Å². The van der Waals surface area contributed by atoms with Gasteiger partial charge >= 0.3 is 31.1 Å². The summed E-state index contributed by atoms with van der Waals surface area (Å²) in [6.45, 7) is 16.3. The lowest BCUT2D eigenvalue weighted by atomic mass is 10.3.